The number of anilines is 1. The van der Waals surface area contributed by atoms with E-state index in [1.807, 2.05) is 13.8 Å². The van der Waals surface area contributed by atoms with Crippen LogP contribution in [0.25, 0.3) is 0 Å². The number of aryl methyl sites for hydroxylation is 1. The lowest BCUT2D eigenvalue weighted by Crippen LogP contribution is -2.09. The van der Waals surface area contributed by atoms with Gasteiger partial charge in [-0.3, -0.25) is 4.79 Å². The van der Waals surface area contributed by atoms with Crippen LogP contribution in [-0.4, -0.2) is 10.9 Å². The van der Waals surface area contributed by atoms with Gasteiger partial charge in [0.1, 0.15) is 5.00 Å². The van der Waals surface area contributed by atoms with E-state index in [0.29, 0.717) is 6.42 Å². The molecule has 0 saturated carbocycles. The van der Waals surface area contributed by atoms with Crippen molar-refractivity contribution in [3.8, 4) is 0 Å². The third-order valence-electron chi connectivity index (χ3n) is 1.55. The number of hydrogen-bond donors (Lipinski definition) is 1. The summed E-state index contributed by atoms with van der Waals surface area (Å²) in [6, 6.07) is 0. The molecule has 1 rings (SSSR count). The van der Waals surface area contributed by atoms with E-state index in [4.69, 9.17) is 0 Å². The van der Waals surface area contributed by atoms with E-state index in [1.165, 1.54) is 11.3 Å². The largest absolute Gasteiger partial charge is 0.316 e. The minimum absolute atomic E-state index is 0.0500. The van der Waals surface area contributed by atoms with Crippen molar-refractivity contribution in [3.63, 3.8) is 0 Å². The van der Waals surface area contributed by atoms with E-state index in [9.17, 15) is 4.79 Å². The molecule has 1 amide bonds. The van der Waals surface area contributed by atoms with Crippen LogP contribution in [0.5, 0.6) is 0 Å². The Kier molecular flexibility index (Phi) is 3.22. The van der Waals surface area contributed by atoms with E-state index in [2.05, 4.69) is 10.3 Å². The highest BCUT2D eigenvalue weighted by atomic mass is 32.1. The summed E-state index contributed by atoms with van der Waals surface area (Å²) < 4.78 is 0. The first-order valence-corrected chi connectivity index (χ1v) is 4.88. The second-order valence-corrected chi connectivity index (χ2v) is 3.24. The number of amides is 1. The Morgan fingerprint density at radius 1 is 1.67 bits per heavy atom. The van der Waals surface area contributed by atoms with Gasteiger partial charge in [-0.05, 0) is 6.42 Å². The van der Waals surface area contributed by atoms with Gasteiger partial charge >= 0.3 is 0 Å². The predicted molar refractivity (Wildman–Crippen MR) is 50.4 cm³/mol. The smallest absolute Gasteiger partial charge is 0.224 e. The molecule has 0 fully saturated rings. The molecule has 1 aromatic rings. The average Bonchev–Trinajstić information content (AvgIpc) is 2.51. The minimum atomic E-state index is 0.0500. The second kappa shape index (κ2) is 4.21. The van der Waals surface area contributed by atoms with Crippen LogP contribution >= 0.6 is 11.3 Å². The lowest BCUT2D eigenvalue weighted by atomic mass is 10.3. The van der Waals surface area contributed by atoms with Gasteiger partial charge in [0.25, 0.3) is 0 Å². The van der Waals surface area contributed by atoms with Crippen molar-refractivity contribution >= 4 is 22.2 Å². The zero-order chi connectivity index (χ0) is 8.97. The quantitative estimate of drug-likeness (QED) is 0.781. The molecule has 0 unspecified atom stereocenters. The predicted octanol–water partition coefficient (Wildman–Crippen LogP) is 2.05. The van der Waals surface area contributed by atoms with Crippen molar-refractivity contribution in [2.24, 2.45) is 0 Å². The number of carbonyl (C=O) groups excluding carboxylic acids is 1. The molecule has 3 nitrogen and oxygen atoms in total. The molecular formula is C8H12N2OS. The van der Waals surface area contributed by atoms with Gasteiger partial charge in [0, 0.05) is 6.42 Å². The van der Waals surface area contributed by atoms with E-state index in [1.54, 1.807) is 5.51 Å². The third-order valence-corrected chi connectivity index (χ3v) is 2.33. The number of carbonyl (C=O) groups is 1. The minimum Gasteiger partial charge on any atom is -0.316 e. The van der Waals surface area contributed by atoms with Gasteiger partial charge < -0.3 is 5.32 Å². The molecule has 0 spiro atoms. The summed E-state index contributed by atoms with van der Waals surface area (Å²) in [7, 11) is 0. The molecule has 1 N–H and O–H groups in total. The number of aromatic nitrogens is 1. The summed E-state index contributed by atoms with van der Waals surface area (Å²) in [4.78, 5) is 15.1. The molecule has 4 heteroatoms. The van der Waals surface area contributed by atoms with Crippen molar-refractivity contribution in [3.05, 3.63) is 11.2 Å². The lowest BCUT2D eigenvalue weighted by Gasteiger charge is -2.00. The van der Waals surface area contributed by atoms with E-state index in [0.717, 1.165) is 17.1 Å². The third kappa shape index (κ3) is 2.04. The Morgan fingerprint density at radius 3 is 3.00 bits per heavy atom. The van der Waals surface area contributed by atoms with E-state index in [-0.39, 0.29) is 5.91 Å². The molecular weight excluding hydrogens is 172 g/mol. The van der Waals surface area contributed by atoms with Crippen molar-refractivity contribution in [2.45, 2.75) is 26.7 Å². The molecule has 0 aliphatic rings. The second-order valence-electron chi connectivity index (χ2n) is 2.38. The van der Waals surface area contributed by atoms with Crippen LogP contribution in [0.1, 0.15) is 26.0 Å². The summed E-state index contributed by atoms with van der Waals surface area (Å²) in [5, 5.41) is 3.70. The zero-order valence-corrected chi connectivity index (χ0v) is 8.07. The van der Waals surface area contributed by atoms with Crippen LogP contribution < -0.4 is 5.32 Å². The molecule has 66 valence electrons. The summed E-state index contributed by atoms with van der Waals surface area (Å²) in [5.74, 6) is 0.0500. The Balaban J connectivity index is 2.68. The molecule has 1 aromatic heterocycles. The number of nitrogens with zero attached hydrogens (tertiary/aromatic N) is 1. The summed E-state index contributed by atoms with van der Waals surface area (Å²) in [6.45, 7) is 3.86. The molecule has 1 heterocycles. The van der Waals surface area contributed by atoms with Gasteiger partial charge in [0.2, 0.25) is 5.91 Å². The number of nitrogens with one attached hydrogen (secondary N) is 1. The molecule has 0 bridgehead atoms. The van der Waals surface area contributed by atoms with Gasteiger partial charge in [-0.25, -0.2) is 4.98 Å². The van der Waals surface area contributed by atoms with E-state index < -0.39 is 0 Å². The molecule has 0 aliphatic heterocycles. The van der Waals surface area contributed by atoms with Crippen LogP contribution in [0, 0.1) is 0 Å². The molecule has 0 atom stereocenters. The van der Waals surface area contributed by atoms with Crippen LogP contribution in [0.4, 0.5) is 5.00 Å². The topological polar surface area (TPSA) is 42.0 Å². The van der Waals surface area contributed by atoms with Crippen molar-refractivity contribution in [2.75, 3.05) is 5.32 Å². The molecule has 0 aromatic carbocycles. The van der Waals surface area contributed by atoms with Crippen molar-refractivity contribution in [1.29, 1.82) is 0 Å². The first-order valence-electron chi connectivity index (χ1n) is 4.00. The van der Waals surface area contributed by atoms with Gasteiger partial charge in [-0.1, -0.05) is 13.8 Å². The normalized spacial score (nSPS) is 9.83. The maximum absolute atomic E-state index is 11.0. The standard InChI is InChI=1S/C8H12N2OS/c1-3-6-8(12-5-9-6)10-7(11)4-2/h5H,3-4H2,1-2H3,(H,10,11). The molecule has 0 radical (unpaired) electrons. The fourth-order valence-corrected chi connectivity index (χ4v) is 1.63. The van der Waals surface area contributed by atoms with E-state index >= 15 is 0 Å². The van der Waals surface area contributed by atoms with Crippen LogP contribution in [0.15, 0.2) is 5.51 Å². The Bertz CT molecular complexity index is 270. The van der Waals surface area contributed by atoms with Crippen molar-refractivity contribution < 1.29 is 4.79 Å². The van der Waals surface area contributed by atoms with Gasteiger partial charge in [0.15, 0.2) is 0 Å². The van der Waals surface area contributed by atoms with Crippen molar-refractivity contribution in [1.82, 2.24) is 4.98 Å². The Morgan fingerprint density at radius 2 is 2.42 bits per heavy atom. The highest BCUT2D eigenvalue weighted by Gasteiger charge is 2.05. The highest BCUT2D eigenvalue weighted by molar-refractivity contribution is 7.14. The van der Waals surface area contributed by atoms with Gasteiger partial charge in [-0.2, -0.15) is 0 Å². The Labute approximate surface area is 75.8 Å². The fraction of sp³-hybridized carbons (Fsp3) is 0.500. The summed E-state index contributed by atoms with van der Waals surface area (Å²) >= 11 is 1.47. The number of rotatable bonds is 3. The monoisotopic (exact) mass is 184 g/mol. The van der Waals surface area contributed by atoms with Crippen LogP contribution in [-0.2, 0) is 11.2 Å². The summed E-state index contributed by atoms with van der Waals surface area (Å²) in [5.41, 5.74) is 2.73. The van der Waals surface area contributed by atoms with Crippen LogP contribution in [0.2, 0.25) is 0 Å². The van der Waals surface area contributed by atoms with Crippen LogP contribution in [0.3, 0.4) is 0 Å². The maximum Gasteiger partial charge on any atom is 0.224 e. The van der Waals surface area contributed by atoms with Gasteiger partial charge in [0.05, 0.1) is 11.2 Å². The maximum atomic E-state index is 11.0. The highest BCUT2D eigenvalue weighted by Crippen LogP contribution is 2.20. The number of hydrogen-bond acceptors (Lipinski definition) is 3. The molecule has 0 aliphatic carbocycles. The zero-order valence-electron chi connectivity index (χ0n) is 7.26. The molecule has 12 heavy (non-hydrogen) atoms. The molecule has 0 saturated heterocycles. The van der Waals surface area contributed by atoms with Gasteiger partial charge in [-0.15, -0.1) is 11.3 Å². The summed E-state index contributed by atoms with van der Waals surface area (Å²) in [6.07, 6.45) is 1.38. The average molecular weight is 184 g/mol. The first-order chi connectivity index (χ1) is 5.77. The lowest BCUT2D eigenvalue weighted by molar-refractivity contribution is -0.115. The Hall–Kier alpha value is -0.900. The SMILES string of the molecule is CCC(=O)Nc1scnc1CC. The fourth-order valence-electron chi connectivity index (χ4n) is 0.838. The number of thiazole rings is 1. The first kappa shape index (κ1) is 9.19.